The minimum Gasteiger partial charge on any atom is -0.456 e. The summed E-state index contributed by atoms with van der Waals surface area (Å²) in [4.78, 5) is 52.1. The number of Topliss-reactive ketones (excluding diaryl/α,β-unsaturated/α-hetero) is 1. The van der Waals surface area contributed by atoms with Gasteiger partial charge in [0.2, 0.25) is 10.0 Å². The van der Waals surface area contributed by atoms with Crippen LogP contribution in [0.25, 0.3) is 0 Å². The van der Waals surface area contributed by atoms with Crippen molar-refractivity contribution < 1.29 is 32.3 Å². The van der Waals surface area contributed by atoms with Crippen LogP contribution in [-0.4, -0.2) is 66.9 Å². The molecule has 0 spiro atoms. The number of hydrogen-bond donors (Lipinski definition) is 0. The number of sulfonamides is 1. The van der Waals surface area contributed by atoms with Gasteiger partial charge in [-0.05, 0) is 55.2 Å². The van der Waals surface area contributed by atoms with Crippen LogP contribution in [0.2, 0.25) is 0 Å². The first kappa shape index (κ1) is 24.7. The standard InChI is InChI=1S/C25H26N2O7S/c1-16(2)22(27-23(29)19-7-3-4-8-20(19)24(27)30)25(31)34-15-21(28)17-9-11-18(12-10-17)35(32,33)26-13-5-6-14-26/h3-4,7-12,16,22H,5-6,13-15H2,1-2H3/t22-/m0/s1. The van der Waals surface area contributed by atoms with Crippen molar-refractivity contribution in [2.75, 3.05) is 19.7 Å². The molecule has 1 saturated heterocycles. The van der Waals surface area contributed by atoms with Gasteiger partial charge in [0.25, 0.3) is 11.8 Å². The number of fused-ring (bicyclic) bond motifs is 1. The van der Waals surface area contributed by atoms with Crippen LogP contribution < -0.4 is 0 Å². The summed E-state index contributed by atoms with van der Waals surface area (Å²) in [5.74, 6) is -3.01. The maximum absolute atomic E-state index is 12.9. The van der Waals surface area contributed by atoms with Crippen LogP contribution >= 0.6 is 0 Å². The first-order valence-electron chi connectivity index (χ1n) is 11.4. The predicted octanol–water partition coefficient (Wildman–Crippen LogP) is 2.52. The molecule has 4 rings (SSSR count). The Kier molecular flexibility index (Phi) is 6.86. The van der Waals surface area contributed by atoms with E-state index in [-0.39, 0.29) is 21.6 Å². The number of amides is 2. The molecular weight excluding hydrogens is 472 g/mol. The second kappa shape index (κ2) is 9.71. The Labute approximate surface area is 203 Å². The topological polar surface area (TPSA) is 118 Å². The van der Waals surface area contributed by atoms with E-state index in [0.29, 0.717) is 13.1 Å². The first-order chi connectivity index (χ1) is 16.6. The zero-order valence-corrected chi connectivity index (χ0v) is 20.3. The lowest BCUT2D eigenvalue weighted by molar-refractivity contribution is -0.148. The van der Waals surface area contributed by atoms with E-state index in [1.54, 1.807) is 26.0 Å². The van der Waals surface area contributed by atoms with Crippen LogP contribution in [-0.2, 0) is 19.6 Å². The molecule has 0 N–H and O–H groups in total. The molecule has 2 amide bonds. The number of benzene rings is 2. The van der Waals surface area contributed by atoms with E-state index < -0.39 is 52.2 Å². The van der Waals surface area contributed by atoms with E-state index in [1.807, 2.05) is 0 Å². The van der Waals surface area contributed by atoms with Crippen molar-refractivity contribution in [1.29, 1.82) is 0 Å². The average Bonchev–Trinajstić information content (AvgIpc) is 3.47. The number of carbonyl (C=O) groups is 4. The van der Waals surface area contributed by atoms with Crippen molar-refractivity contribution in [3.8, 4) is 0 Å². The number of ether oxygens (including phenoxy) is 1. The highest BCUT2D eigenvalue weighted by Gasteiger charge is 2.44. The van der Waals surface area contributed by atoms with Gasteiger partial charge in [0.15, 0.2) is 12.4 Å². The highest BCUT2D eigenvalue weighted by atomic mass is 32.2. The van der Waals surface area contributed by atoms with Gasteiger partial charge in [-0.3, -0.25) is 19.3 Å². The Balaban J connectivity index is 1.43. The Bertz CT molecular complexity index is 1240. The van der Waals surface area contributed by atoms with Crippen molar-refractivity contribution in [2.24, 2.45) is 5.92 Å². The summed E-state index contributed by atoms with van der Waals surface area (Å²) in [6.07, 6.45) is 1.64. The molecule has 0 unspecified atom stereocenters. The monoisotopic (exact) mass is 498 g/mol. The Morgan fingerprint density at radius 2 is 1.46 bits per heavy atom. The number of esters is 1. The maximum atomic E-state index is 12.9. The lowest BCUT2D eigenvalue weighted by Crippen LogP contribution is -2.49. The number of ketones is 1. The van der Waals surface area contributed by atoms with Crippen molar-refractivity contribution in [3.05, 3.63) is 65.2 Å². The molecule has 0 radical (unpaired) electrons. The highest BCUT2D eigenvalue weighted by molar-refractivity contribution is 7.89. The number of rotatable bonds is 8. The van der Waals surface area contributed by atoms with Gasteiger partial charge in [0, 0.05) is 18.7 Å². The molecule has 2 aliphatic rings. The predicted molar refractivity (Wildman–Crippen MR) is 125 cm³/mol. The fourth-order valence-electron chi connectivity index (χ4n) is 4.33. The molecule has 35 heavy (non-hydrogen) atoms. The maximum Gasteiger partial charge on any atom is 0.330 e. The fraction of sp³-hybridized carbons (Fsp3) is 0.360. The molecule has 184 valence electrons. The third-order valence-electron chi connectivity index (χ3n) is 6.20. The Morgan fingerprint density at radius 3 is 1.97 bits per heavy atom. The molecule has 10 heteroatoms. The Morgan fingerprint density at radius 1 is 0.914 bits per heavy atom. The normalized spacial score (nSPS) is 17.1. The molecule has 9 nitrogen and oxygen atoms in total. The third kappa shape index (κ3) is 4.63. The lowest BCUT2D eigenvalue weighted by Gasteiger charge is -2.27. The number of carbonyl (C=O) groups excluding carboxylic acids is 4. The van der Waals surface area contributed by atoms with Gasteiger partial charge in [-0.2, -0.15) is 4.31 Å². The molecule has 1 fully saturated rings. The van der Waals surface area contributed by atoms with Crippen molar-refractivity contribution in [3.63, 3.8) is 0 Å². The summed E-state index contributed by atoms with van der Waals surface area (Å²) in [5.41, 5.74) is 0.618. The zero-order chi connectivity index (χ0) is 25.3. The number of nitrogens with zero attached hydrogens (tertiary/aromatic N) is 2. The van der Waals surface area contributed by atoms with Gasteiger partial charge in [-0.1, -0.05) is 26.0 Å². The molecule has 2 aromatic rings. The second-order valence-electron chi connectivity index (χ2n) is 8.88. The van der Waals surface area contributed by atoms with Gasteiger partial charge in [-0.15, -0.1) is 0 Å². The molecule has 2 heterocycles. The fourth-order valence-corrected chi connectivity index (χ4v) is 5.85. The van der Waals surface area contributed by atoms with Crippen LogP contribution in [0.1, 0.15) is 57.8 Å². The minimum absolute atomic E-state index is 0.0958. The molecular formula is C25H26N2O7S. The van der Waals surface area contributed by atoms with Gasteiger partial charge < -0.3 is 4.74 Å². The number of imide groups is 1. The molecule has 2 aromatic carbocycles. The number of hydrogen-bond acceptors (Lipinski definition) is 7. The van der Waals surface area contributed by atoms with E-state index in [1.165, 1.54) is 40.7 Å². The van der Waals surface area contributed by atoms with Crippen LogP contribution in [0.15, 0.2) is 53.4 Å². The molecule has 0 bridgehead atoms. The Hall–Kier alpha value is -3.37. The summed E-state index contributed by atoms with van der Waals surface area (Å²) in [6.45, 7) is 3.70. The van der Waals surface area contributed by atoms with Crippen molar-refractivity contribution in [2.45, 2.75) is 37.6 Å². The zero-order valence-electron chi connectivity index (χ0n) is 19.5. The smallest absolute Gasteiger partial charge is 0.330 e. The highest BCUT2D eigenvalue weighted by Crippen LogP contribution is 2.28. The SMILES string of the molecule is CC(C)[C@@H](C(=O)OCC(=O)c1ccc(S(=O)(=O)N2CCCC2)cc1)N1C(=O)c2ccccc2C1=O. The van der Waals surface area contributed by atoms with Gasteiger partial charge in [-0.25, -0.2) is 13.2 Å². The van der Waals surface area contributed by atoms with Crippen molar-refractivity contribution in [1.82, 2.24) is 9.21 Å². The van der Waals surface area contributed by atoms with E-state index in [4.69, 9.17) is 4.74 Å². The van der Waals surface area contributed by atoms with E-state index in [0.717, 1.165) is 17.7 Å². The second-order valence-corrected chi connectivity index (χ2v) is 10.8. The van der Waals surface area contributed by atoms with Crippen LogP contribution in [0.5, 0.6) is 0 Å². The molecule has 2 aliphatic heterocycles. The van der Waals surface area contributed by atoms with Gasteiger partial charge >= 0.3 is 5.97 Å². The third-order valence-corrected chi connectivity index (χ3v) is 8.11. The molecule has 0 aliphatic carbocycles. The summed E-state index contributed by atoms with van der Waals surface area (Å²) in [5, 5.41) is 0. The van der Waals surface area contributed by atoms with E-state index >= 15 is 0 Å². The summed E-state index contributed by atoms with van der Waals surface area (Å²) in [7, 11) is -3.60. The molecule has 0 saturated carbocycles. The first-order valence-corrected chi connectivity index (χ1v) is 12.8. The van der Waals surface area contributed by atoms with Crippen LogP contribution in [0, 0.1) is 5.92 Å². The van der Waals surface area contributed by atoms with Crippen LogP contribution in [0.3, 0.4) is 0 Å². The quantitative estimate of drug-likeness (QED) is 0.312. The molecule has 0 aromatic heterocycles. The minimum atomic E-state index is -3.60. The van der Waals surface area contributed by atoms with Gasteiger partial charge in [0.1, 0.15) is 6.04 Å². The van der Waals surface area contributed by atoms with Gasteiger partial charge in [0.05, 0.1) is 16.0 Å². The van der Waals surface area contributed by atoms with E-state index in [2.05, 4.69) is 0 Å². The average molecular weight is 499 g/mol. The van der Waals surface area contributed by atoms with Crippen molar-refractivity contribution >= 4 is 33.6 Å². The molecule has 1 atom stereocenters. The van der Waals surface area contributed by atoms with Crippen LogP contribution in [0.4, 0.5) is 0 Å². The summed E-state index contributed by atoms with van der Waals surface area (Å²) in [6, 6.07) is 10.6. The summed E-state index contributed by atoms with van der Waals surface area (Å²) >= 11 is 0. The lowest BCUT2D eigenvalue weighted by atomic mass is 10.0. The summed E-state index contributed by atoms with van der Waals surface area (Å²) < 4.78 is 31.9. The largest absolute Gasteiger partial charge is 0.456 e. The van der Waals surface area contributed by atoms with E-state index in [9.17, 15) is 27.6 Å².